The van der Waals surface area contributed by atoms with E-state index in [1.807, 2.05) is 0 Å². The number of benzene rings is 1. The van der Waals surface area contributed by atoms with E-state index < -0.39 is 21.6 Å². The second kappa shape index (κ2) is 5.16. The molecule has 6 nitrogen and oxygen atoms in total. The topological polar surface area (TPSA) is 94.9 Å². The molecule has 1 aliphatic rings. The zero-order valence-electron chi connectivity index (χ0n) is 11.1. The molecule has 7 heteroatoms. The Balaban J connectivity index is 2.35. The van der Waals surface area contributed by atoms with Gasteiger partial charge < -0.3 is 10.2 Å². The summed E-state index contributed by atoms with van der Waals surface area (Å²) < 4.78 is 26.2. The molecule has 0 atom stereocenters. The molecule has 0 saturated carbocycles. The van der Waals surface area contributed by atoms with Gasteiger partial charge in [0.25, 0.3) is 0 Å². The van der Waals surface area contributed by atoms with Crippen LogP contribution in [-0.2, 0) is 10.0 Å². The molecule has 0 aliphatic carbocycles. The molecule has 20 heavy (non-hydrogen) atoms. The van der Waals surface area contributed by atoms with Gasteiger partial charge >= 0.3 is 5.97 Å². The number of aromatic carboxylic acids is 1. The monoisotopic (exact) mass is 299 g/mol. The Kier molecular flexibility index (Phi) is 3.86. The van der Waals surface area contributed by atoms with Crippen LogP contribution in [0.15, 0.2) is 29.2 Å². The van der Waals surface area contributed by atoms with Crippen molar-refractivity contribution in [1.82, 2.24) is 4.31 Å². The van der Waals surface area contributed by atoms with E-state index in [1.54, 1.807) is 6.92 Å². The molecule has 0 spiro atoms. The van der Waals surface area contributed by atoms with Crippen molar-refractivity contribution in [3.8, 4) is 0 Å². The molecule has 0 bridgehead atoms. The zero-order chi connectivity index (χ0) is 15.0. The molecule has 1 aromatic carbocycles. The summed E-state index contributed by atoms with van der Waals surface area (Å²) in [6.07, 6.45) is 0.670. The average Bonchev–Trinajstić information content (AvgIpc) is 2.38. The molecule has 1 saturated heterocycles. The van der Waals surface area contributed by atoms with E-state index >= 15 is 0 Å². The molecule has 2 rings (SSSR count). The number of carbonyl (C=O) groups is 1. The molecule has 0 amide bonds. The number of nitrogens with zero attached hydrogens (tertiary/aromatic N) is 1. The highest BCUT2D eigenvalue weighted by Gasteiger charge is 2.35. The summed E-state index contributed by atoms with van der Waals surface area (Å²) in [5.74, 6) is -1.27. The minimum atomic E-state index is -3.85. The maximum Gasteiger partial charge on any atom is 0.337 e. The standard InChI is InChI=1S/C13H17NO5S/c1-13(17)6-8-14(9-7-13)20(18,19)11-5-3-2-4-10(11)12(15)16/h2-5,17H,6-9H2,1H3,(H,15,16). The minimum absolute atomic E-state index is 0.184. The van der Waals surface area contributed by atoms with E-state index in [9.17, 15) is 18.3 Å². The van der Waals surface area contributed by atoms with E-state index in [0.29, 0.717) is 12.8 Å². The summed E-state index contributed by atoms with van der Waals surface area (Å²) in [6.45, 7) is 2.04. The Hall–Kier alpha value is -1.44. The largest absolute Gasteiger partial charge is 0.478 e. The predicted molar refractivity (Wildman–Crippen MR) is 72.0 cm³/mol. The van der Waals surface area contributed by atoms with E-state index in [4.69, 9.17) is 5.11 Å². The van der Waals surface area contributed by atoms with Gasteiger partial charge in [0.15, 0.2) is 0 Å². The number of rotatable bonds is 3. The maximum atomic E-state index is 12.5. The Morgan fingerprint density at radius 2 is 1.80 bits per heavy atom. The molecule has 1 heterocycles. The van der Waals surface area contributed by atoms with Gasteiger partial charge in [-0.1, -0.05) is 12.1 Å². The predicted octanol–water partition coefficient (Wildman–Crippen LogP) is 0.920. The summed E-state index contributed by atoms with van der Waals surface area (Å²) in [5.41, 5.74) is -1.09. The second-order valence-corrected chi connectivity index (χ2v) is 7.11. The molecule has 110 valence electrons. The maximum absolute atomic E-state index is 12.5. The molecule has 1 aliphatic heterocycles. The quantitative estimate of drug-likeness (QED) is 0.865. The van der Waals surface area contributed by atoms with Gasteiger partial charge in [-0.3, -0.25) is 0 Å². The lowest BCUT2D eigenvalue weighted by atomic mass is 9.95. The number of carboxylic acids is 1. The van der Waals surface area contributed by atoms with E-state index in [1.165, 1.54) is 28.6 Å². The first-order chi connectivity index (χ1) is 9.24. The van der Waals surface area contributed by atoms with E-state index in [-0.39, 0.29) is 23.5 Å². The van der Waals surface area contributed by atoms with Crippen LogP contribution in [0.3, 0.4) is 0 Å². The summed E-state index contributed by atoms with van der Waals surface area (Å²) in [4.78, 5) is 10.9. The molecular formula is C13H17NO5S. The van der Waals surface area contributed by atoms with Crippen molar-refractivity contribution < 1.29 is 23.4 Å². The van der Waals surface area contributed by atoms with Gasteiger partial charge in [-0.2, -0.15) is 4.31 Å². The van der Waals surface area contributed by atoms with Crippen molar-refractivity contribution in [3.05, 3.63) is 29.8 Å². The van der Waals surface area contributed by atoms with Crippen molar-refractivity contribution in [3.63, 3.8) is 0 Å². The van der Waals surface area contributed by atoms with Gasteiger partial charge in [0.05, 0.1) is 16.1 Å². The van der Waals surface area contributed by atoms with E-state index in [0.717, 1.165) is 0 Å². The Morgan fingerprint density at radius 1 is 1.25 bits per heavy atom. The smallest absolute Gasteiger partial charge is 0.337 e. The third-order valence-corrected chi connectivity index (χ3v) is 5.49. The van der Waals surface area contributed by atoms with Crippen molar-refractivity contribution in [2.45, 2.75) is 30.3 Å². The van der Waals surface area contributed by atoms with Gasteiger partial charge in [-0.25, -0.2) is 13.2 Å². The number of hydrogen-bond donors (Lipinski definition) is 2. The first-order valence-electron chi connectivity index (χ1n) is 6.29. The SMILES string of the molecule is CC1(O)CCN(S(=O)(=O)c2ccccc2C(=O)O)CC1. The fraction of sp³-hybridized carbons (Fsp3) is 0.462. The van der Waals surface area contributed by atoms with Crippen LogP contribution in [0, 0.1) is 0 Å². The van der Waals surface area contributed by atoms with Crippen LogP contribution in [0.2, 0.25) is 0 Å². The molecular weight excluding hydrogens is 282 g/mol. The minimum Gasteiger partial charge on any atom is -0.478 e. The lowest BCUT2D eigenvalue weighted by Crippen LogP contribution is -2.45. The number of piperidine rings is 1. The zero-order valence-corrected chi connectivity index (χ0v) is 11.9. The number of sulfonamides is 1. The Labute approximate surface area is 117 Å². The molecule has 1 aromatic rings. The van der Waals surface area contributed by atoms with Gasteiger partial charge in [0.2, 0.25) is 10.0 Å². The van der Waals surface area contributed by atoms with Crippen molar-refractivity contribution in [1.29, 1.82) is 0 Å². The molecule has 0 radical (unpaired) electrons. The lowest BCUT2D eigenvalue weighted by molar-refractivity contribution is 0.0125. The van der Waals surface area contributed by atoms with Gasteiger partial charge in [0.1, 0.15) is 0 Å². The first-order valence-corrected chi connectivity index (χ1v) is 7.73. The summed E-state index contributed by atoms with van der Waals surface area (Å²) in [7, 11) is -3.85. The van der Waals surface area contributed by atoms with Crippen LogP contribution < -0.4 is 0 Å². The van der Waals surface area contributed by atoms with Crippen LogP contribution in [0.25, 0.3) is 0 Å². The molecule has 2 N–H and O–H groups in total. The second-order valence-electron chi connectivity index (χ2n) is 5.20. The van der Waals surface area contributed by atoms with Crippen molar-refractivity contribution >= 4 is 16.0 Å². The van der Waals surface area contributed by atoms with Crippen LogP contribution in [0.4, 0.5) is 0 Å². The number of aliphatic hydroxyl groups is 1. The highest BCUT2D eigenvalue weighted by molar-refractivity contribution is 7.89. The van der Waals surface area contributed by atoms with Crippen LogP contribution in [0.1, 0.15) is 30.1 Å². The fourth-order valence-electron chi connectivity index (χ4n) is 2.22. The Bertz CT molecular complexity index is 613. The van der Waals surface area contributed by atoms with Gasteiger partial charge in [0, 0.05) is 13.1 Å². The van der Waals surface area contributed by atoms with Crippen LogP contribution in [0.5, 0.6) is 0 Å². The van der Waals surface area contributed by atoms with Gasteiger partial charge in [-0.15, -0.1) is 0 Å². The fourth-order valence-corrected chi connectivity index (χ4v) is 3.84. The highest BCUT2D eigenvalue weighted by Crippen LogP contribution is 2.27. The first kappa shape index (κ1) is 15.0. The summed E-state index contributed by atoms with van der Waals surface area (Å²) in [6, 6.07) is 5.56. The Morgan fingerprint density at radius 3 is 2.35 bits per heavy atom. The number of carboxylic acid groups (broad SMARTS) is 1. The highest BCUT2D eigenvalue weighted by atomic mass is 32.2. The number of hydrogen-bond acceptors (Lipinski definition) is 4. The molecule has 0 unspecified atom stereocenters. The normalized spacial score (nSPS) is 19.7. The van der Waals surface area contributed by atoms with Crippen LogP contribution in [-0.4, -0.2) is 47.6 Å². The van der Waals surface area contributed by atoms with Crippen molar-refractivity contribution in [2.75, 3.05) is 13.1 Å². The molecule has 0 aromatic heterocycles. The third-order valence-electron chi connectivity index (χ3n) is 3.53. The van der Waals surface area contributed by atoms with Crippen molar-refractivity contribution in [2.24, 2.45) is 0 Å². The average molecular weight is 299 g/mol. The molecule has 1 fully saturated rings. The van der Waals surface area contributed by atoms with Crippen LogP contribution >= 0.6 is 0 Å². The lowest BCUT2D eigenvalue weighted by Gasteiger charge is -2.35. The third kappa shape index (κ3) is 2.84. The summed E-state index contributed by atoms with van der Waals surface area (Å²) in [5, 5.41) is 18.9. The van der Waals surface area contributed by atoms with E-state index in [2.05, 4.69) is 0 Å². The van der Waals surface area contributed by atoms with Gasteiger partial charge in [-0.05, 0) is 31.9 Å². The summed E-state index contributed by atoms with van der Waals surface area (Å²) >= 11 is 0.